The topological polar surface area (TPSA) is 103 Å². The van der Waals surface area contributed by atoms with Crippen molar-refractivity contribution in [3.63, 3.8) is 0 Å². The first-order valence-electron chi connectivity index (χ1n) is 13.9. The van der Waals surface area contributed by atoms with Gasteiger partial charge in [-0.15, -0.1) is 0 Å². The molecule has 1 fully saturated rings. The Morgan fingerprint density at radius 1 is 0.884 bits per heavy atom. The maximum Gasteiger partial charge on any atom is 0.509 e. The molecule has 0 unspecified atom stereocenters. The molecule has 1 aliphatic rings. The van der Waals surface area contributed by atoms with Gasteiger partial charge in [0.1, 0.15) is 17.0 Å². The molecular formula is C31H39F3N2O7. The van der Waals surface area contributed by atoms with Crippen molar-refractivity contribution < 1.29 is 46.5 Å². The Morgan fingerprint density at radius 3 is 2.07 bits per heavy atom. The number of benzene rings is 2. The summed E-state index contributed by atoms with van der Waals surface area (Å²) in [6.07, 6.45) is -5.02. The third kappa shape index (κ3) is 10.4. The Kier molecular flexibility index (Phi) is 10.2. The maximum atomic E-state index is 13.8. The molecule has 3 rings (SSSR count). The molecule has 2 aromatic carbocycles. The van der Waals surface area contributed by atoms with E-state index in [2.05, 4.69) is 5.32 Å². The molecule has 1 saturated heterocycles. The zero-order valence-corrected chi connectivity index (χ0v) is 25.4. The van der Waals surface area contributed by atoms with Gasteiger partial charge in [0, 0.05) is 19.0 Å². The van der Waals surface area contributed by atoms with Crippen molar-refractivity contribution in [2.24, 2.45) is 0 Å². The summed E-state index contributed by atoms with van der Waals surface area (Å²) in [4.78, 5) is 40.2. The summed E-state index contributed by atoms with van der Waals surface area (Å²) in [6, 6.07) is 10.2. The van der Waals surface area contributed by atoms with E-state index in [9.17, 15) is 27.6 Å². The van der Waals surface area contributed by atoms with Gasteiger partial charge in [-0.25, -0.2) is 27.6 Å². The zero-order valence-electron chi connectivity index (χ0n) is 25.4. The number of likely N-dealkylation sites (tertiary alicyclic amines) is 1. The molecule has 0 aliphatic carbocycles. The summed E-state index contributed by atoms with van der Waals surface area (Å²) in [6.45, 7) is 10.5. The minimum absolute atomic E-state index is 0.0465. The van der Waals surface area contributed by atoms with Crippen LogP contribution < -0.4 is 5.32 Å². The smallest absolute Gasteiger partial charge is 0.444 e. The number of amides is 2. The van der Waals surface area contributed by atoms with Gasteiger partial charge in [0.15, 0.2) is 12.2 Å². The van der Waals surface area contributed by atoms with Crippen LogP contribution in [0, 0.1) is 5.82 Å². The fraction of sp³-hybridized carbons (Fsp3) is 0.516. The minimum Gasteiger partial charge on any atom is -0.444 e. The fourth-order valence-corrected chi connectivity index (χ4v) is 4.43. The van der Waals surface area contributed by atoms with Crippen LogP contribution in [0.2, 0.25) is 0 Å². The summed E-state index contributed by atoms with van der Waals surface area (Å²) < 4.78 is 63.4. The second-order valence-corrected chi connectivity index (χ2v) is 12.5. The van der Waals surface area contributed by atoms with Crippen LogP contribution in [-0.2, 0) is 37.8 Å². The molecule has 3 atom stereocenters. The third-order valence-electron chi connectivity index (χ3n) is 6.26. The van der Waals surface area contributed by atoms with E-state index in [1.165, 1.54) is 47.4 Å². The average molecular weight is 609 g/mol. The number of ether oxygens (including phenoxy) is 4. The molecule has 43 heavy (non-hydrogen) atoms. The minimum atomic E-state index is -3.05. The summed E-state index contributed by atoms with van der Waals surface area (Å²) in [5.74, 6) is -3.53. The first-order valence-corrected chi connectivity index (χ1v) is 13.9. The number of nitrogens with zero attached hydrogens (tertiary/aromatic N) is 1. The maximum absolute atomic E-state index is 13.8. The normalized spacial score (nSPS) is 19.0. The Morgan fingerprint density at radius 2 is 1.51 bits per heavy atom. The first kappa shape index (κ1) is 33.5. The van der Waals surface area contributed by atoms with Gasteiger partial charge in [-0.2, -0.15) is 0 Å². The highest BCUT2D eigenvalue weighted by Gasteiger charge is 2.50. The van der Waals surface area contributed by atoms with Crippen LogP contribution in [0.5, 0.6) is 0 Å². The van der Waals surface area contributed by atoms with Gasteiger partial charge in [-0.3, -0.25) is 4.90 Å². The van der Waals surface area contributed by atoms with E-state index in [4.69, 9.17) is 18.9 Å². The summed E-state index contributed by atoms with van der Waals surface area (Å²) in [5.41, 5.74) is -0.925. The lowest BCUT2D eigenvalue weighted by atomic mass is 9.99. The Bertz CT molecular complexity index is 1280. The average Bonchev–Trinajstić information content (AvgIpc) is 3.16. The van der Waals surface area contributed by atoms with Crippen molar-refractivity contribution in [2.45, 2.75) is 96.8 Å². The molecule has 0 radical (unpaired) electrons. The van der Waals surface area contributed by atoms with Crippen LogP contribution in [0.3, 0.4) is 0 Å². The fourth-order valence-electron chi connectivity index (χ4n) is 4.43. The predicted molar refractivity (Wildman–Crippen MR) is 151 cm³/mol. The molecular weight excluding hydrogens is 569 g/mol. The van der Waals surface area contributed by atoms with Crippen LogP contribution in [0.4, 0.5) is 27.6 Å². The number of carbonyl (C=O) groups excluding carboxylic acids is 3. The van der Waals surface area contributed by atoms with Gasteiger partial charge in [-0.05, 0) is 71.2 Å². The SMILES string of the molecule is CC(C)(C)OC(=O)O[C@H]1CN(C(=O)OC(C)(C)C)[C@H](Cc2ccc(C(C)(F)F)cc2)[C@@H]1OC(=O)NCc1cccc(F)c1. The van der Waals surface area contributed by atoms with Crippen molar-refractivity contribution in [3.05, 3.63) is 71.0 Å². The zero-order chi connectivity index (χ0) is 32.2. The monoisotopic (exact) mass is 608 g/mol. The van der Waals surface area contributed by atoms with Crippen molar-refractivity contribution in [1.29, 1.82) is 0 Å². The van der Waals surface area contributed by atoms with Gasteiger partial charge in [0.2, 0.25) is 0 Å². The van der Waals surface area contributed by atoms with E-state index < -0.39 is 59.5 Å². The molecule has 0 saturated carbocycles. The van der Waals surface area contributed by atoms with Crippen LogP contribution in [0.1, 0.15) is 65.2 Å². The number of carbonyl (C=O) groups is 3. The van der Waals surface area contributed by atoms with Gasteiger partial charge < -0.3 is 24.3 Å². The van der Waals surface area contributed by atoms with Gasteiger partial charge in [0.25, 0.3) is 5.92 Å². The molecule has 1 N–H and O–H groups in total. The van der Waals surface area contributed by atoms with E-state index >= 15 is 0 Å². The summed E-state index contributed by atoms with van der Waals surface area (Å²) in [5, 5.41) is 2.54. The first-order chi connectivity index (χ1) is 19.8. The number of halogens is 3. The summed E-state index contributed by atoms with van der Waals surface area (Å²) >= 11 is 0. The predicted octanol–water partition coefficient (Wildman–Crippen LogP) is 6.71. The lowest BCUT2D eigenvalue weighted by molar-refractivity contribution is -0.0518. The number of rotatable bonds is 7. The molecule has 0 spiro atoms. The number of hydrogen-bond donors (Lipinski definition) is 1. The molecule has 1 heterocycles. The molecule has 1 aliphatic heterocycles. The lowest BCUT2D eigenvalue weighted by Gasteiger charge is -2.30. The van der Waals surface area contributed by atoms with Crippen LogP contribution >= 0.6 is 0 Å². The molecule has 236 valence electrons. The second kappa shape index (κ2) is 13.1. The summed E-state index contributed by atoms with van der Waals surface area (Å²) in [7, 11) is 0. The lowest BCUT2D eigenvalue weighted by Crippen LogP contribution is -2.46. The van der Waals surface area contributed by atoms with E-state index in [1.54, 1.807) is 47.6 Å². The van der Waals surface area contributed by atoms with Crippen LogP contribution in [0.25, 0.3) is 0 Å². The molecule has 0 aromatic heterocycles. The van der Waals surface area contributed by atoms with E-state index in [0.29, 0.717) is 11.1 Å². The van der Waals surface area contributed by atoms with E-state index in [-0.39, 0.29) is 25.1 Å². The molecule has 2 amide bonds. The Hall–Kier alpha value is -3.96. The molecule has 2 aromatic rings. The third-order valence-corrected chi connectivity index (χ3v) is 6.26. The van der Waals surface area contributed by atoms with Gasteiger partial charge >= 0.3 is 18.3 Å². The standard InChI is InChI=1S/C31H39F3N2O7/c1-29(2,3)42-27(38)36-18-24(40-28(39)43-30(4,5)6)25(41-26(37)35-17-20-9-8-10-22(32)15-20)23(36)16-19-11-13-21(14-12-19)31(7,33)34/h8-15,23-25H,16-18H2,1-7H3,(H,35,37)/t23-,24+,25+/m1/s1. The Balaban J connectivity index is 1.92. The number of alkyl carbamates (subject to hydrolysis) is 1. The van der Waals surface area contributed by atoms with Crippen molar-refractivity contribution in [2.75, 3.05) is 6.54 Å². The Labute approximate surface area is 249 Å². The van der Waals surface area contributed by atoms with E-state index in [1.807, 2.05) is 0 Å². The quantitative estimate of drug-likeness (QED) is 0.275. The van der Waals surface area contributed by atoms with Crippen molar-refractivity contribution in [1.82, 2.24) is 10.2 Å². The van der Waals surface area contributed by atoms with Crippen LogP contribution in [0.15, 0.2) is 48.5 Å². The van der Waals surface area contributed by atoms with E-state index in [0.717, 1.165) is 6.92 Å². The largest absolute Gasteiger partial charge is 0.509 e. The highest BCUT2D eigenvalue weighted by atomic mass is 19.3. The number of nitrogens with one attached hydrogen (secondary N) is 1. The van der Waals surface area contributed by atoms with Gasteiger partial charge in [0.05, 0.1) is 12.6 Å². The van der Waals surface area contributed by atoms with Gasteiger partial charge in [-0.1, -0.05) is 36.4 Å². The van der Waals surface area contributed by atoms with Crippen LogP contribution in [-0.4, -0.2) is 59.2 Å². The molecule has 12 heteroatoms. The number of alkyl halides is 2. The highest BCUT2D eigenvalue weighted by Crippen LogP contribution is 2.31. The van der Waals surface area contributed by atoms with Crippen molar-refractivity contribution >= 4 is 18.3 Å². The highest BCUT2D eigenvalue weighted by molar-refractivity contribution is 5.71. The molecule has 9 nitrogen and oxygen atoms in total. The molecule has 0 bridgehead atoms. The van der Waals surface area contributed by atoms with Crippen molar-refractivity contribution in [3.8, 4) is 0 Å². The second-order valence-electron chi connectivity index (χ2n) is 12.5. The number of hydrogen-bond acceptors (Lipinski definition) is 7.